The molecule has 2 aliphatic rings. The summed E-state index contributed by atoms with van der Waals surface area (Å²) in [5.41, 5.74) is 2.75. The summed E-state index contributed by atoms with van der Waals surface area (Å²) >= 11 is 1.72. The minimum atomic E-state index is -0.326. The third-order valence-corrected chi connectivity index (χ3v) is 6.15. The highest BCUT2D eigenvalue weighted by molar-refractivity contribution is 7.07. The first-order valence-electron chi connectivity index (χ1n) is 9.45. The number of likely N-dealkylation sites (tertiary alicyclic amines) is 1. The van der Waals surface area contributed by atoms with Crippen molar-refractivity contribution in [2.75, 3.05) is 19.6 Å². The summed E-state index contributed by atoms with van der Waals surface area (Å²) < 4.78 is 0. The van der Waals surface area contributed by atoms with Gasteiger partial charge in [-0.3, -0.25) is 9.69 Å². The van der Waals surface area contributed by atoms with E-state index in [0.29, 0.717) is 18.7 Å². The van der Waals surface area contributed by atoms with E-state index in [4.69, 9.17) is 4.84 Å². The Morgan fingerprint density at radius 2 is 2.22 bits per heavy atom. The van der Waals surface area contributed by atoms with Crippen LogP contribution in [0.2, 0.25) is 0 Å². The molecule has 0 radical (unpaired) electrons. The van der Waals surface area contributed by atoms with Crippen molar-refractivity contribution in [2.45, 2.75) is 37.8 Å². The van der Waals surface area contributed by atoms with Gasteiger partial charge in [-0.2, -0.15) is 11.3 Å². The van der Waals surface area contributed by atoms with E-state index < -0.39 is 0 Å². The number of hydrogen-bond donors (Lipinski definition) is 1. The number of thiophene rings is 1. The van der Waals surface area contributed by atoms with Gasteiger partial charge < -0.3 is 10.2 Å². The van der Waals surface area contributed by atoms with E-state index in [1.54, 1.807) is 11.3 Å². The van der Waals surface area contributed by atoms with Crippen LogP contribution >= 0.6 is 11.3 Å². The molecular formula is C21H25N3O2S. The zero-order valence-corrected chi connectivity index (χ0v) is 16.4. The first kappa shape index (κ1) is 18.2. The lowest BCUT2D eigenvalue weighted by atomic mass is 9.96. The Bertz CT molecular complexity index is 806. The molecule has 1 spiro atoms. The molecule has 1 saturated heterocycles. The molecule has 1 fully saturated rings. The molecule has 0 aliphatic carbocycles. The van der Waals surface area contributed by atoms with Crippen molar-refractivity contribution in [1.29, 1.82) is 0 Å². The molecule has 3 heterocycles. The van der Waals surface area contributed by atoms with Crippen LogP contribution in [0.3, 0.4) is 0 Å². The number of hydrogen-bond acceptors (Lipinski definition) is 5. The minimum Gasteiger partial charge on any atom is -0.387 e. The summed E-state index contributed by atoms with van der Waals surface area (Å²) in [6, 6.07) is 12.4. The lowest BCUT2D eigenvalue weighted by Crippen LogP contribution is -2.37. The monoisotopic (exact) mass is 383 g/mol. The molecule has 0 unspecified atom stereocenters. The highest BCUT2D eigenvalue weighted by Crippen LogP contribution is 2.34. The molecule has 27 heavy (non-hydrogen) atoms. The summed E-state index contributed by atoms with van der Waals surface area (Å²) in [6.45, 7) is 5.45. The van der Waals surface area contributed by atoms with Crippen LogP contribution in [-0.2, 0) is 16.2 Å². The second kappa shape index (κ2) is 7.82. The smallest absolute Gasteiger partial charge is 0.269 e. The average molecular weight is 384 g/mol. The van der Waals surface area contributed by atoms with Gasteiger partial charge in [0.15, 0.2) is 5.60 Å². The van der Waals surface area contributed by atoms with Crippen molar-refractivity contribution < 1.29 is 9.63 Å². The third kappa shape index (κ3) is 4.22. The Labute approximate surface area is 164 Å². The van der Waals surface area contributed by atoms with Gasteiger partial charge >= 0.3 is 0 Å². The quantitative estimate of drug-likeness (QED) is 0.832. The van der Waals surface area contributed by atoms with Crippen LogP contribution in [-0.4, -0.2) is 41.8 Å². The Hall–Kier alpha value is -2.18. The van der Waals surface area contributed by atoms with E-state index in [9.17, 15) is 4.79 Å². The van der Waals surface area contributed by atoms with Gasteiger partial charge in [-0.05, 0) is 33.9 Å². The van der Waals surface area contributed by atoms with Crippen molar-refractivity contribution in [3.05, 3.63) is 58.3 Å². The van der Waals surface area contributed by atoms with Gasteiger partial charge in [0.1, 0.15) is 5.71 Å². The van der Waals surface area contributed by atoms with E-state index in [1.807, 2.05) is 18.2 Å². The fraction of sp³-hybridized carbons (Fsp3) is 0.429. The van der Waals surface area contributed by atoms with Crippen LogP contribution in [0.25, 0.3) is 0 Å². The molecule has 1 N–H and O–H groups in total. The number of nitrogens with one attached hydrogen (secondary N) is 1. The molecule has 0 saturated carbocycles. The molecule has 2 aliphatic heterocycles. The molecule has 1 aromatic heterocycles. The minimum absolute atomic E-state index is 0.106. The number of nitrogens with zero attached hydrogens (tertiary/aromatic N) is 2. The SMILES string of the molecule is C[C@H](CNC(=O)C1=NO[C@]2(CCN(Cc3ccsc3)C2)C1)c1ccccc1. The van der Waals surface area contributed by atoms with Crippen LogP contribution in [0.15, 0.2) is 52.3 Å². The topological polar surface area (TPSA) is 53.9 Å². The molecule has 2 aromatic rings. The Morgan fingerprint density at radius 1 is 1.37 bits per heavy atom. The Morgan fingerprint density at radius 3 is 3.00 bits per heavy atom. The van der Waals surface area contributed by atoms with Crippen LogP contribution in [0.4, 0.5) is 0 Å². The van der Waals surface area contributed by atoms with Gasteiger partial charge in [-0.25, -0.2) is 0 Å². The summed E-state index contributed by atoms with van der Waals surface area (Å²) in [5.74, 6) is 0.158. The Balaban J connectivity index is 1.27. The molecule has 0 bridgehead atoms. The third-order valence-electron chi connectivity index (χ3n) is 5.42. The standard InChI is InChI=1S/C21H25N3O2S/c1-16(18-5-3-2-4-6-18)12-22-20(25)19-11-21(26-23-19)8-9-24(15-21)13-17-7-10-27-14-17/h2-7,10,14,16H,8-9,11-13,15H2,1H3,(H,22,25)/t16-,21-/m1/s1. The van der Waals surface area contributed by atoms with E-state index in [1.165, 1.54) is 11.1 Å². The molecule has 5 nitrogen and oxygen atoms in total. The fourth-order valence-corrected chi connectivity index (χ4v) is 4.47. The molecule has 2 atom stereocenters. The van der Waals surface area contributed by atoms with Crippen molar-refractivity contribution >= 4 is 23.0 Å². The van der Waals surface area contributed by atoms with Gasteiger partial charge in [-0.15, -0.1) is 0 Å². The normalized spacial score (nSPS) is 23.2. The highest BCUT2D eigenvalue weighted by Gasteiger charge is 2.46. The van der Waals surface area contributed by atoms with Crippen LogP contribution in [0.1, 0.15) is 36.8 Å². The fourth-order valence-electron chi connectivity index (χ4n) is 3.81. The zero-order valence-electron chi connectivity index (χ0n) is 15.6. The number of oxime groups is 1. The summed E-state index contributed by atoms with van der Waals surface area (Å²) in [4.78, 5) is 20.7. The lowest BCUT2D eigenvalue weighted by Gasteiger charge is -2.21. The van der Waals surface area contributed by atoms with Crippen molar-refractivity contribution in [3.63, 3.8) is 0 Å². The van der Waals surface area contributed by atoms with Gasteiger partial charge in [0.05, 0.1) is 0 Å². The predicted molar refractivity (Wildman–Crippen MR) is 108 cm³/mol. The summed E-state index contributed by atoms with van der Waals surface area (Å²) in [7, 11) is 0. The molecule has 1 aromatic carbocycles. The van der Waals surface area contributed by atoms with Crippen molar-refractivity contribution in [2.24, 2.45) is 5.16 Å². The van der Waals surface area contributed by atoms with Gasteiger partial charge in [-0.1, -0.05) is 42.4 Å². The molecule has 6 heteroatoms. The number of carbonyl (C=O) groups excluding carboxylic acids is 1. The maximum atomic E-state index is 12.5. The van der Waals surface area contributed by atoms with Gasteiger partial charge in [0.2, 0.25) is 0 Å². The Kier molecular flexibility index (Phi) is 5.27. The highest BCUT2D eigenvalue weighted by atomic mass is 32.1. The molecular weight excluding hydrogens is 358 g/mol. The number of benzene rings is 1. The zero-order chi connectivity index (χ0) is 18.7. The van der Waals surface area contributed by atoms with E-state index in [0.717, 1.165) is 26.1 Å². The largest absolute Gasteiger partial charge is 0.387 e. The summed E-state index contributed by atoms with van der Waals surface area (Å²) in [6.07, 6.45) is 1.51. The van der Waals surface area contributed by atoms with E-state index >= 15 is 0 Å². The first-order chi connectivity index (χ1) is 13.1. The van der Waals surface area contributed by atoms with Crippen LogP contribution < -0.4 is 5.32 Å². The lowest BCUT2D eigenvalue weighted by molar-refractivity contribution is -0.115. The molecule has 142 valence electrons. The van der Waals surface area contributed by atoms with Gasteiger partial charge in [0.25, 0.3) is 5.91 Å². The van der Waals surface area contributed by atoms with E-state index in [-0.39, 0.29) is 17.4 Å². The van der Waals surface area contributed by atoms with E-state index in [2.05, 4.69) is 51.3 Å². The summed E-state index contributed by atoms with van der Waals surface area (Å²) in [5, 5.41) is 11.4. The second-order valence-corrected chi connectivity index (χ2v) is 8.38. The predicted octanol–water partition coefficient (Wildman–Crippen LogP) is 3.39. The average Bonchev–Trinajstić information content (AvgIpc) is 3.43. The first-order valence-corrected chi connectivity index (χ1v) is 10.4. The molecule has 1 amide bonds. The van der Waals surface area contributed by atoms with Crippen molar-refractivity contribution in [3.8, 4) is 0 Å². The molecule has 4 rings (SSSR count). The van der Waals surface area contributed by atoms with Crippen LogP contribution in [0, 0.1) is 0 Å². The number of amides is 1. The van der Waals surface area contributed by atoms with Crippen LogP contribution in [0.5, 0.6) is 0 Å². The second-order valence-electron chi connectivity index (χ2n) is 7.60. The number of rotatable bonds is 6. The van der Waals surface area contributed by atoms with Crippen molar-refractivity contribution in [1.82, 2.24) is 10.2 Å². The number of carbonyl (C=O) groups is 1. The maximum absolute atomic E-state index is 12.5. The van der Waals surface area contributed by atoms with Gasteiger partial charge in [0, 0.05) is 39.0 Å². The maximum Gasteiger partial charge on any atom is 0.269 e.